The molecule has 1 fully saturated rings. The van der Waals surface area contributed by atoms with Gasteiger partial charge in [-0.2, -0.15) is 0 Å². The van der Waals surface area contributed by atoms with E-state index in [4.69, 9.17) is 4.74 Å². The molecule has 1 aromatic rings. The molecule has 7 heteroatoms. The number of hydrogen-bond acceptors (Lipinski definition) is 5. The molecule has 0 amide bonds. The van der Waals surface area contributed by atoms with E-state index in [1.807, 2.05) is 0 Å². The quantitative estimate of drug-likeness (QED) is 0.640. The first-order chi connectivity index (χ1) is 8.95. The highest BCUT2D eigenvalue weighted by Crippen LogP contribution is 2.31. The number of benzene rings is 1. The maximum absolute atomic E-state index is 13.1. The van der Waals surface area contributed by atoms with Crippen LogP contribution in [0.25, 0.3) is 0 Å². The standard InChI is InChI=1S/C12H14FNO5/c13-7-1-2-11(14(17)18)12(3-7)19-10-5-8(15)4-9(16)6-10/h1-3,8-10,15-16H,4-6H2/t8-,9+,10-. The predicted molar refractivity (Wildman–Crippen MR) is 63.3 cm³/mol. The van der Waals surface area contributed by atoms with E-state index in [2.05, 4.69) is 0 Å². The zero-order valence-electron chi connectivity index (χ0n) is 10.0. The average Bonchev–Trinajstić information content (AvgIpc) is 2.26. The Balaban J connectivity index is 2.18. The average molecular weight is 271 g/mol. The Morgan fingerprint density at radius 3 is 2.47 bits per heavy atom. The monoisotopic (exact) mass is 271 g/mol. The molecule has 0 saturated heterocycles. The Morgan fingerprint density at radius 2 is 1.89 bits per heavy atom. The van der Waals surface area contributed by atoms with Gasteiger partial charge >= 0.3 is 5.69 Å². The molecule has 0 bridgehead atoms. The molecule has 104 valence electrons. The Kier molecular flexibility index (Phi) is 3.96. The summed E-state index contributed by atoms with van der Waals surface area (Å²) in [4.78, 5) is 10.1. The number of hydrogen-bond donors (Lipinski definition) is 2. The van der Waals surface area contributed by atoms with Crippen LogP contribution in [-0.2, 0) is 0 Å². The molecule has 0 spiro atoms. The van der Waals surface area contributed by atoms with Gasteiger partial charge < -0.3 is 14.9 Å². The minimum absolute atomic E-state index is 0.184. The Morgan fingerprint density at radius 1 is 1.26 bits per heavy atom. The van der Waals surface area contributed by atoms with E-state index in [1.165, 1.54) is 0 Å². The molecule has 19 heavy (non-hydrogen) atoms. The van der Waals surface area contributed by atoms with Crippen molar-refractivity contribution in [2.45, 2.75) is 37.6 Å². The Labute approximate surface area is 108 Å². The van der Waals surface area contributed by atoms with Crippen LogP contribution in [0.1, 0.15) is 19.3 Å². The van der Waals surface area contributed by atoms with Crippen molar-refractivity contribution in [3.8, 4) is 5.75 Å². The molecule has 0 heterocycles. The first kappa shape index (κ1) is 13.7. The summed E-state index contributed by atoms with van der Waals surface area (Å²) >= 11 is 0. The van der Waals surface area contributed by atoms with Gasteiger partial charge in [0.25, 0.3) is 0 Å². The van der Waals surface area contributed by atoms with Gasteiger partial charge in [0.1, 0.15) is 11.9 Å². The second-order valence-corrected chi connectivity index (χ2v) is 4.62. The third-order valence-electron chi connectivity index (χ3n) is 3.03. The molecule has 1 aromatic carbocycles. The molecule has 1 aliphatic rings. The lowest BCUT2D eigenvalue weighted by Crippen LogP contribution is -2.36. The number of nitro groups is 1. The molecule has 0 aromatic heterocycles. The van der Waals surface area contributed by atoms with Crippen molar-refractivity contribution in [2.24, 2.45) is 0 Å². The first-order valence-corrected chi connectivity index (χ1v) is 5.92. The van der Waals surface area contributed by atoms with Crippen LogP contribution in [-0.4, -0.2) is 33.4 Å². The van der Waals surface area contributed by atoms with Crippen LogP contribution in [0.5, 0.6) is 5.75 Å². The Hall–Kier alpha value is -1.73. The van der Waals surface area contributed by atoms with Gasteiger partial charge in [0, 0.05) is 25.0 Å². The molecule has 1 saturated carbocycles. The highest BCUT2D eigenvalue weighted by Gasteiger charge is 2.29. The lowest BCUT2D eigenvalue weighted by molar-refractivity contribution is -0.386. The predicted octanol–water partition coefficient (Wildman–Crippen LogP) is 1.39. The second kappa shape index (κ2) is 5.50. The number of halogens is 1. The van der Waals surface area contributed by atoms with E-state index in [0.29, 0.717) is 0 Å². The van der Waals surface area contributed by atoms with Crippen LogP contribution < -0.4 is 4.74 Å². The van der Waals surface area contributed by atoms with Crippen molar-refractivity contribution >= 4 is 5.69 Å². The van der Waals surface area contributed by atoms with Crippen LogP contribution in [0.2, 0.25) is 0 Å². The van der Waals surface area contributed by atoms with Gasteiger partial charge in [-0.25, -0.2) is 4.39 Å². The van der Waals surface area contributed by atoms with Crippen LogP contribution >= 0.6 is 0 Å². The zero-order chi connectivity index (χ0) is 14.0. The van der Waals surface area contributed by atoms with Gasteiger partial charge in [0.05, 0.1) is 17.1 Å². The van der Waals surface area contributed by atoms with Gasteiger partial charge in [-0.3, -0.25) is 10.1 Å². The molecule has 1 aliphatic carbocycles. The van der Waals surface area contributed by atoms with Gasteiger partial charge in [0.2, 0.25) is 0 Å². The van der Waals surface area contributed by atoms with Gasteiger partial charge in [-0.05, 0) is 12.5 Å². The van der Waals surface area contributed by atoms with E-state index >= 15 is 0 Å². The van der Waals surface area contributed by atoms with Gasteiger partial charge in [-0.15, -0.1) is 0 Å². The lowest BCUT2D eigenvalue weighted by atomic mass is 9.92. The van der Waals surface area contributed by atoms with Gasteiger partial charge in [0.15, 0.2) is 5.75 Å². The van der Waals surface area contributed by atoms with E-state index < -0.39 is 29.1 Å². The molecule has 0 unspecified atom stereocenters. The highest BCUT2D eigenvalue weighted by atomic mass is 19.1. The normalized spacial score (nSPS) is 27.0. The number of rotatable bonds is 3. The maximum Gasteiger partial charge on any atom is 0.311 e. The van der Waals surface area contributed by atoms with Crippen LogP contribution in [0.15, 0.2) is 18.2 Å². The fourth-order valence-electron chi connectivity index (χ4n) is 2.22. The molecule has 2 N–H and O–H groups in total. The molecule has 2 rings (SSSR count). The minimum Gasteiger partial charge on any atom is -0.483 e. The molecule has 0 aliphatic heterocycles. The summed E-state index contributed by atoms with van der Waals surface area (Å²) in [7, 11) is 0. The van der Waals surface area contributed by atoms with Gasteiger partial charge in [-0.1, -0.05) is 0 Å². The number of nitro benzene ring substituents is 1. The summed E-state index contributed by atoms with van der Waals surface area (Å²) in [5, 5.41) is 29.8. The van der Waals surface area contributed by atoms with E-state index in [1.54, 1.807) is 0 Å². The molecule has 3 atom stereocenters. The van der Waals surface area contributed by atoms with Crippen molar-refractivity contribution < 1.29 is 24.3 Å². The SMILES string of the molecule is O=[N+]([O-])c1ccc(F)cc1O[C@@H]1C[C@H](O)C[C@H](O)C1. The summed E-state index contributed by atoms with van der Waals surface area (Å²) in [6, 6.07) is 2.95. The number of nitrogens with zero attached hydrogens (tertiary/aromatic N) is 1. The number of aliphatic hydroxyl groups excluding tert-OH is 2. The molecule has 0 radical (unpaired) electrons. The number of ether oxygens (including phenoxy) is 1. The molecular formula is C12H14FNO5. The fraction of sp³-hybridized carbons (Fsp3) is 0.500. The van der Waals surface area contributed by atoms with E-state index in [9.17, 15) is 24.7 Å². The van der Waals surface area contributed by atoms with Crippen molar-refractivity contribution in [1.82, 2.24) is 0 Å². The van der Waals surface area contributed by atoms with Crippen LogP contribution in [0.4, 0.5) is 10.1 Å². The molecular weight excluding hydrogens is 257 g/mol. The summed E-state index contributed by atoms with van der Waals surface area (Å²) in [6.07, 6.45) is -1.25. The van der Waals surface area contributed by atoms with E-state index in [-0.39, 0.29) is 30.7 Å². The summed E-state index contributed by atoms with van der Waals surface area (Å²) in [5.74, 6) is -0.825. The fourth-order valence-corrected chi connectivity index (χ4v) is 2.22. The Bertz CT molecular complexity index is 471. The van der Waals surface area contributed by atoms with Crippen molar-refractivity contribution in [1.29, 1.82) is 0 Å². The third-order valence-corrected chi connectivity index (χ3v) is 3.03. The molecule has 6 nitrogen and oxygen atoms in total. The largest absolute Gasteiger partial charge is 0.483 e. The lowest BCUT2D eigenvalue weighted by Gasteiger charge is -2.29. The van der Waals surface area contributed by atoms with E-state index in [0.717, 1.165) is 18.2 Å². The summed E-state index contributed by atoms with van der Waals surface area (Å²) in [5.41, 5.74) is -0.337. The summed E-state index contributed by atoms with van der Waals surface area (Å²) < 4.78 is 18.5. The maximum atomic E-state index is 13.1. The first-order valence-electron chi connectivity index (χ1n) is 5.92. The van der Waals surface area contributed by atoms with Crippen molar-refractivity contribution in [2.75, 3.05) is 0 Å². The summed E-state index contributed by atoms with van der Waals surface area (Å²) in [6.45, 7) is 0. The highest BCUT2D eigenvalue weighted by molar-refractivity contribution is 5.46. The zero-order valence-corrected chi connectivity index (χ0v) is 10.0. The van der Waals surface area contributed by atoms with Crippen LogP contribution in [0, 0.1) is 15.9 Å². The third kappa shape index (κ3) is 3.39. The van der Waals surface area contributed by atoms with Crippen molar-refractivity contribution in [3.63, 3.8) is 0 Å². The van der Waals surface area contributed by atoms with Crippen molar-refractivity contribution in [3.05, 3.63) is 34.1 Å². The smallest absolute Gasteiger partial charge is 0.311 e. The van der Waals surface area contributed by atoms with Crippen LogP contribution in [0.3, 0.4) is 0 Å². The number of aliphatic hydroxyl groups is 2. The minimum atomic E-state index is -0.721. The topological polar surface area (TPSA) is 92.8 Å². The second-order valence-electron chi connectivity index (χ2n) is 4.62.